The summed E-state index contributed by atoms with van der Waals surface area (Å²) in [5.74, 6) is 0. The molecule has 0 fully saturated rings. The molecule has 0 aliphatic heterocycles. The van der Waals surface area contributed by atoms with Gasteiger partial charge in [-0.15, -0.1) is 0 Å². The molecule has 0 saturated carbocycles. The minimum atomic E-state index is -0.556. The van der Waals surface area contributed by atoms with Gasteiger partial charge >= 0.3 is 6.09 Å². The number of carbonyl (C=O) groups excluding carboxylic acids is 1. The second-order valence-corrected chi connectivity index (χ2v) is 7.34. The highest BCUT2D eigenvalue weighted by Gasteiger charge is 2.17. The van der Waals surface area contributed by atoms with Gasteiger partial charge in [0.15, 0.2) is 5.58 Å². The summed E-state index contributed by atoms with van der Waals surface area (Å²) in [5, 5.41) is 17.2. The third kappa shape index (κ3) is 4.43. The van der Waals surface area contributed by atoms with Crippen LogP contribution in [-0.2, 0) is 17.9 Å². The Kier molecular flexibility index (Phi) is 5.14. The number of nitrogens with zero attached hydrogens (tertiary/aromatic N) is 2. The lowest BCUT2D eigenvalue weighted by Gasteiger charge is -2.19. The largest absolute Gasteiger partial charge is 0.444 e. The van der Waals surface area contributed by atoms with E-state index in [9.17, 15) is 9.90 Å². The second-order valence-electron chi connectivity index (χ2n) is 7.34. The van der Waals surface area contributed by atoms with Crippen LogP contribution in [0.2, 0.25) is 0 Å². The molecule has 2 heterocycles. The zero-order chi connectivity index (χ0) is 19.6. The van der Waals surface area contributed by atoms with E-state index in [2.05, 4.69) is 15.5 Å². The first kappa shape index (κ1) is 18.8. The van der Waals surface area contributed by atoms with Crippen molar-refractivity contribution in [2.24, 2.45) is 0 Å². The minimum Gasteiger partial charge on any atom is -0.444 e. The molecule has 0 saturated heterocycles. The van der Waals surface area contributed by atoms with Crippen LogP contribution in [0.5, 0.6) is 0 Å². The van der Waals surface area contributed by atoms with Crippen molar-refractivity contribution in [3.05, 3.63) is 47.4 Å². The Morgan fingerprint density at radius 3 is 2.78 bits per heavy atom. The highest BCUT2D eigenvalue weighted by atomic mass is 16.6. The maximum Gasteiger partial charge on any atom is 0.407 e. The van der Waals surface area contributed by atoms with Gasteiger partial charge in [-0.1, -0.05) is 5.16 Å². The van der Waals surface area contributed by atoms with E-state index in [0.29, 0.717) is 11.3 Å². The lowest BCUT2D eigenvalue weighted by molar-refractivity contribution is 0.0523. The van der Waals surface area contributed by atoms with Gasteiger partial charge in [0.2, 0.25) is 0 Å². The standard InChI is InChI=1S/C20H23N3O4/c1-12-16-7-13(11-24)8-17(18(16)27-23-12)14-5-6-21-15(9-14)10-22-19(25)26-20(2,3)4/h5-9,24H,10-11H2,1-4H3,(H,22,25). The molecular weight excluding hydrogens is 346 g/mol. The normalized spacial score (nSPS) is 11.6. The van der Waals surface area contributed by atoms with Gasteiger partial charge in [0.1, 0.15) is 5.60 Å². The van der Waals surface area contributed by atoms with Gasteiger partial charge in [0.25, 0.3) is 0 Å². The molecule has 2 aromatic heterocycles. The molecule has 1 aromatic carbocycles. The van der Waals surface area contributed by atoms with Crippen molar-refractivity contribution < 1.29 is 19.2 Å². The SMILES string of the molecule is Cc1noc2c(-c3ccnc(CNC(=O)OC(C)(C)C)c3)cc(CO)cc12. The van der Waals surface area contributed by atoms with Crippen molar-refractivity contribution in [2.75, 3.05) is 0 Å². The molecule has 7 heteroatoms. The first-order chi connectivity index (χ1) is 12.8. The molecule has 27 heavy (non-hydrogen) atoms. The smallest absolute Gasteiger partial charge is 0.407 e. The molecule has 0 aliphatic rings. The average molecular weight is 369 g/mol. The van der Waals surface area contributed by atoms with Gasteiger partial charge in [-0.3, -0.25) is 4.98 Å². The zero-order valence-corrected chi connectivity index (χ0v) is 15.9. The Morgan fingerprint density at radius 2 is 2.07 bits per heavy atom. The number of hydrogen-bond acceptors (Lipinski definition) is 6. The van der Waals surface area contributed by atoms with E-state index in [4.69, 9.17) is 9.26 Å². The fourth-order valence-electron chi connectivity index (χ4n) is 2.74. The Balaban J connectivity index is 1.88. The molecule has 2 N–H and O–H groups in total. The van der Waals surface area contributed by atoms with Crippen LogP contribution >= 0.6 is 0 Å². The number of pyridine rings is 1. The van der Waals surface area contributed by atoms with Crippen molar-refractivity contribution in [2.45, 2.75) is 46.4 Å². The first-order valence-corrected chi connectivity index (χ1v) is 8.69. The molecule has 0 aliphatic carbocycles. The van der Waals surface area contributed by atoms with Gasteiger partial charge in [-0.2, -0.15) is 0 Å². The van der Waals surface area contributed by atoms with E-state index in [1.165, 1.54) is 0 Å². The number of nitrogens with one attached hydrogen (secondary N) is 1. The molecular formula is C20H23N3O4. The highest BCUT2D eigenvalue weighted by Crippen LogP contribution is 2.32. The number of fused-ring (bicyclic) bond motifs is 1. The molecule has 0 unspecified atom stereocenters. The van der Waals surface area contributed by atoms with Crippen LogP contribution < -0.4 is 5.32 Å². The number of aryl methyl sites for hydroxylation is 1. The minimum absolute atomic E-state index is 0.0777. The van der Waals surface area contributed by atoms with Crippen molar-refractivity contribution >= 4 is 17.1 Å². The molecule has 0 bridgehead atoms. The van der Waals surface area contributed by atoms with E-state index in [1.54, 1.807) is 6.20 Å². The topological polar surface area (TPSA) is 97.5 Å². The lowest BCUT2D eigenvalue weighted by atomic mass is 10.00. The van der Waals surface area contributed by atoms with Crippen molar-refractivity contribution in [3.63, 3.8) is 0 Å². The number of aliphatic hydroxyl groups excluding tert-OH is 1. The number of hydrogen-bond donors (Lipinski definition) is 2. The Labute approximate surface area is 157 Å². The van der Waals surface area contributed by atoms with Crippen molar-refractivity contribution in [1.82, 2.24) is 15.5 Å². The maximum atomic E-state index is 11.8. The molecule has 7 nitrogen and oxygen atoms in total. The highest BCUT2D eigenvalue weighted by molar-refractivity contribution is 5.94. The molecule has 1 amide bonds. The summed E-state index contributed by atoms with van der Waals surface area (Å²) in [4.78, 5) is 16.1. The average Bonchev–Trinajstić information content (AvgIpc) is 2.99. The number of alkyl carbamates (subject to hydrolysis) is 1. The number of rotatable bonds is 4. The van der Waals surface area contributed by atoms with Crippen LogP contribution in [0.3, 0.4) is 0 Å². The van der Waals surface area contributed by atoms with Crippen LogP contribution in [-0.4, -0.2) is 26.9 Å². The summed E-state index contributed by atoms with van der Waals surface area (Å²) in [6.45, 7) is 7.45. The van der Waals surface area contributed by atoms with Crippen LogP contribution in [0, 0.1) is 6.92 Å². The Bertz CT molecular complexity index is 973. The lowest BCUT2D eigenvalue weighted by Crippen LogP contribution is -2.32. The Hall–Kier alpha value is -2.93. The summed E-state index contributed by atoms with van der Waals surface area (Å²) in [7, 11) is 0. The molecule has 0 atom stereocenters. The number of aromatic nitrogens is 2. The summed E-state index contributed by atoms with van der Waals surface area (Å²) in [6.07, 6.45) is 1.17. The predicted octanol–water partition coefficient (Wildman–Crippen LogP) is 3.72. The monoisotopic (exact) mass is 369 g/mol. The summed E-state index contributed by atoms with van der Waals surface area (Å²) in [5.41, 5.74) is 4.00. The second kappa shape index (κ2) is 7.36. The number of amides is 1. The van der Waals surface area contributed by atoms with Crippen LogP contribution in [0.15, 0.2) is 35.0 Å². The van der Waals surface area contributed by atoms with Crippen molar-refractivity contribution in [3.8, 4) is 11.1 Å². The Morgan fingerprint density at radius 1 is 1.30 bits per heavy atom. The summed E-state index contributed by atoms with van der Waals surface area (Å²) in [6, 6.07) is 7.46. The number of benzene rings is 1. The van der Waals surface area contributed by atoms with Gasteiger partial charge in [-0.25, -0.2) is 4.79 Å². The summed E-state index contributed by atoms with van der Waals surface area (Å²) >= 11 is 0. The first-order valence-electron chi connectivity index (χ1n) is 8.69. The third-order valence-electron chi connectivity index (χ3n) is 3.94. The molecule has 3 rings (SSSR count). The quantitative estimate of drug-likeness (QED) is 0.727. The van der Waals surface area contributed by atoms with Crippen LogP contribution in [0.25, 0.3) is 22.1 Å². The number of carbonyl (C=O) groups is 1. The molecule has 0 spiro atoms. The predicted molar refractivity (Wildman–Crippen MR) is 101 cm³/mol. The summed E-state index contributed by atoms with van der Waals surface area (Å²) < 4.78 is 10.7. The van der Waals surface area contributed by atoms with Crippen LogP contribution in [0.1, 0.15) is 37.7 Å². The third-order valence-corrected chi connectivity index (χ3v) is 3.94. The van der Waals surface area contributed by atoms with Gasteiger partial charge < -0.3 is 19.7 Å². The molecule has 0 radical (unpaired) electrons. The van der Waals surface area contributed by atoms with E-state index >= 15 is 0 Å². The van der Waals surface area contributed by atoms with E-state index in [-0.39, 0.29) is 13.2 Å². The fraction of sp³-hybridized carbons (Fsp3) is 0.350. The van der Waals surface area contributed by atoms with Gasteiger partial charge in [-0.05, 0) is 63.1 Å². The van der Waals surface area contributed by atoms with E-state index < -0.39 is 11.7 Å². The fourth-order valence-corrected chi connectivity index (χ4v) is 2.74. The van der Waals surface area contributed by atoms with Crippen molar-refractivity contribution in [1.29, 1.82) is 0 Å². The van der Waals surface area contributed by atoms with Gasteiger partial charge in [0.05, 0.1) is 24.5 Å². The molecule has 3 aromatic rings. The zero-order valence-electron chi connectivity index (χ0n) is 15.9. The van der Waals surface area contributed by atoms with Crippen LogP contribution in [0.4, 0.5) is 4.79 Å². The number of ether oxygens (including phenoxy) is 1. The molecule has 142 valence electrons. The van der Waals surface area contributed by atoms with E-state index in [0.717, 1.165) is 27.8 Å². The van der Waals surface area contributed by atoms with E-state index in [1.807, 2.05) is 52.0 Å². The van der Waals surface area contributed by atoms with Gasteiger partial charge in [0, 0.05) is 17.1 Å². The number of aliphatic hydroxyl groups is 1. The maximum absolute atomic E-state index is 11.8.